The SMILES string of the molecule is C=CC(=O)Cc1cccc(-c2nc(Nc3cccc(N4CCOCC4)c3)ncc2Cl)c1. The van der Waals surface area contributed by atoms with Gasteiger partial charge in [-0.05, 0) is 35.9 Å². The molecule has 1 aliphatic rings. The summed E-state index contributed by atoms with van der Waals surface area (Å²) in [7, 11) is 0. The monoisotopic (exact) mass is 434 g/mol. The van der Waals surface area contributed by atoms with Gasteiger partial charge in [-0.1, -0.05) is 42.4 Å². The van der Waals surface area contributed by atoms with Crippen molar-refractivity contribution in [2.45, 2.75) is 6.42 Å². The number of anilines is 3. The van der Waals surface area contributed by atoms with Gasteiger partial charge in [0.05, 0.1) is 30.1 Å². The Labute approximate surface area is 186 Å². The first-order valence-electron chi connectivity index (χ1n) is 10.1. The summed E-state index contributed by atoms with van der Waals surface area (Å²) in [5.41, 5.74) is 4.33. The van der Waals surface area contributed by atoms with Gasteiger partial charge in [-0.2, -0.15) is 0 Å². The molecule has 7 heteroatoms. The van der Waals surface area contributed by atoms with Gasteiger partial charge in [0.2, 0.25) is 5.95 Å². The number of ketones is 1. The molecule has 0 bridgehead atoms. The molecule has 1 aliphatic heterocycles. The number of ether oxygens (including phenoxy) is 1. The van der Waals surface area contributed by atoms with Crippen LogP contribution in [0.25, 0.3) is 11.3 Å². The van der Waals surface area contributed by atoms with Crippen LogP contribution in [-0.2, 0) is 16.0 Å². The number of benzene rings is 2. The zero-order valence-electron chi connectivity index (χ0n) is 17.1. The first kappa shape index (κ1) is 21.0. The molecule has 1 N–H and O–H groups in total. The molecule has 0 aliphatic carbocycles. The summed E-state index contributed by atoms with van der Waals surface area (Å²) in [6.45, 7) is 6.74. The van der Waals surface area contributed by atoms with Crippen LogP contribution >= 0.6 is 11.6 Å². The molecule has 2 aromatic carbocycles. The fourth-order valence-electron chi connectivity index (χ4n) is 3.46. The van der Waals surface area contributed by atoms with Crippen LogP contribution in [0.15, 0.2) is 67.4 Å². The maximum atomic E-state index is 11.7. The second-order valence-corrected chi connectivity index (χ2v) is 7.62. The number of nitrogens with zero attached hydrogens (tertiary/aromatic N) is 3. The number of carbonyl (C=O) groups excluding carboxylic acids is 1. The van der Waals surface area contributed by atoms with Crippen molar-refractivity contribution in [3.8, 4) is 11.3 Å². The number of carbonyl (C=O) groups is 1. The van der Waals surface area contributed by atoms with Crippen LogP contribution in [0.2, 0.25) is 5.02 Å². The Morgan fingerprint density at radius 2 is 2.00 bits per heavy atom. The highest BCUT2D eigenvalue weighted by atomic mass is 35.5. The number of allylic oxidation sites excluding steroid dienone is 1. The minimum absolute atomic E-state index is 0.0339. The van der Waals surface area contributed by atoms with Crippen molar-refractivity contribution in [1.29, 1.82) is 0 Å². The Balaban J connectivity index is 1.57. The van der Waals surface area contributed by atoms with E-state index < -0.39 is 0 Å². The van der Waals surface area contributed by atoms with Crippen molar-refractivity contribution in [2.75, 3.05) is 36.5 Å². The summed E-state index contributed by atoms with van der Waals surface area (Å²) >= 11 is 6.39. The average molecular weight is 435 g/mol. The number of aromatic nitrogens is 2. The lowest BCUT2D eigenvalue weighted by Gasteiger charge is -2.29. The normalized spacial score (nSPS) is 13.6. The lowest BCUT2D eigenvalue weighted by atomic mass is 10.0. The van der Waals surface area contributed by atoms with Gasteiger partial charge in [-0.25, -0.2) is 9.97 Å². The Hall–Kier alpha value is -3.22. The van der Waals surface area contributed by atoms with E-state index in [1.807, 2.05) is 36.4 Å². The highest BCUT2D eigenvalue weighted by Crippen LogP contribution is 2.28. The lowest BCUT2D eigenvalue weighted by molar-refractivity contribution is -0.114. The van der Waals surface area contributed by atoms with Crippen LogP contribution < -0.4 is 10.2 Å². The van der Waals surface area contributed by atoms with Crippen LogP contribution in [0.5, 0.6) is 0 Å². The molecular formula is C24H23ClN4O2. The van der Waals surface area contributed by atoms with Gasteiger partial charge >= 0.3 is 0 Å². The number of hydrogen-bond acceptors (Lipinski definition) is 6. The van der Waals surface area contributed by atoms with E-state index >= 15 is 0 Å². The van der Waals surface area contributed by atoms with Crippen LogP contribution in [-0.4, -0.2) is 42.1 Å². The molecule has 1 aromatic heterocycles. The van der Waals surface area contributed by atoms with Crippen LogP contribution in [0, 0.1) is 0 Å². The van der Waals surface area contributed by atoms with Crippen LogP contribution in [0.4, 0.5) is 17.3 Å². The third-order valence-electron chi connectivity index (χ3n) is 5.03. The Morgan fingerprint density at radius 1 is 1.19 bits per heavy atom. The van der Waals surface area contributed by atoms with Crippen molar-refractivity contribution in [1.82, 2.24) is 9.97 Å². The highest BCUT2D eigenvalue weighted by Gasteiger charge is 2.13. The fraction of sp³-hybridized carbons (Fsp3) is 0.208. The predicted octanol–water partition coefficient (Wildman–Crippen LogP) is 4.67. The number of nitrogens with one attached hydrogen (secondary N) is 1. The summed E-state index contributed by atoms with van der Waals surface area (Å²) in [6.07, 6.45) is 3.20. The second kappa shape index (κ2) is 9.73. The van der Waals surface area contributed by atoms with Gasteiger partial charge in [0.1, 0.15) is 0 Å². The molecule has 1 saturated heterocycles. The van der Waals surface area contributed by atoms with Crippen molar-refractivity contribution in [2.24, 2.45) is 0 Å². The molecule has 2 heterocycles. The summed E-state index contributed by atoms with van der Waals surface area (Å²) in [6, 6.07) is 15.8. The fourth-order valence-corrected chi connectivity index (χ4v) is 3.66. The Morgan fingerprint density at radius 3 is 2.81 bits per heavy atom. The van der Waals surface area contributed by atoms with Gasteiger partial charge in [-0.3, -0.25) is 4.79 Å². The standard InChI is InChI=1S/C24H23ClN4O2/c1-2-21(30)14-17-5-3-6-18(13-17)23-22(25)16-26-24(28-23)27-19-7-4-8-20(15-19)29-9-11-31-12-10-29/h2-8,13,15-16H,1,9-12,14H2,(H,26,27,28). The largest absolute Gasteiger partial charge is 0.378 e. The van der Waals surface area contributed by atoms with E-state index in [1.165, 1.54) is 6.08 Å². The molecule has 158 valence electrons. The lowest BCUT2D eigenvalue weighted by Crippen LogP contribution is -2.36. The molecule has 3 aromatic rings. The van der Waals surface area contributed by atoms with E-state index in [-0.39, 0.29) is 5.78 Å². The summed E-state index contributed by atoms with van der Waals surface area (Å²) in [4.78, 5) is 23.0. The molecule has 0 radical (unpaired) electrons. The maximum absolute atomic E-state index is 11.7. The van der Waals surface area contributed by atoms with Gasteiger partial charge in [-0.15, -0.1) is 0 Å². The summed E-state index contributed by atoms with van der Waals surface area (Å²) < 4.78 is 5.44. The Bertz CT molecular complexity index is 1100. The van der Waals surface area contributed by atoms with Crippen molar-refractivity contribution < 1.29 is 9.53 Å². The molecule has 0 unspecified atom stereocenters. The second-order valence-electron chi connectivity index (χ2n) is 7.21. The Kier molecular flexibility index (Phi) is 6.60. The summed E-state index contributed by atoms with van der Waals surface area (Å²) in [5.74, 6) is 0.416. The summed E-state index contributed by atoms with van der Waals surface area (Å²) in [5, 5.41) is 3.71. The van der Waals surface area contributed by atoms with Crippen molar-refractivity contribution in [3.05, 3.63) is 78.0 Å². The zero-order chi connectivity index (χ0) is 21.6. The third-order valence-corrected chi connectivity index (χ3v) is 5.31. The van der Waals surface area contributed by atoms with Crippen LogP contribution in [0.1, 0.15) is 5.56 Å². The molecule has 31 heavy (non-hydrogen) atoms. The predicted molar refractivity (Wildman–Crippen MR) is 124 cm³/mol. The number of rotatable bonds is 7. The van der Waals surface area contributed by atoms with E-state index in [4.69, 9.17) is 16.3 Å². The number of morpholine rings is 1. The number of hydrogen-bond donors (Lipinski definition) is 1. The molecule has 0 amide bonds. The smallest absolute Gasteiger partial charge is 0.227 e. The van der Waals surface area contributed by atoms with Crippen molar-refractivity contribution >= 4 is 34.7 Å². The molecule has 0 saturated carbocycles. The van der Waals surface area contributed by atoms with Gasteiger partial charge < -0.3 is 15.0 Å². The van der Waals surface area contributed by atoms with Gasteiger partial charge in [0, 0.05) is 36.4 Å². The minimum atomic E-state index is -0.0339. The highest BCUT2D eigenvalue weighted by molar-refractivity contribution is 6.32. The molecule has 0 spiro atoms. The first-order chi connectivity index (χ1) is 15.1. The van der Waals surface area contributed by atoms with E-state index in [2.05, 4.69) is 38.9 Å². The third kappa shape index (κ3) is 5.29. The van der Waals surface area contributed by atoms with E-state index in [9.17, 15) is 4.79 Å². The van der Waals surface area contributed by atoms with E-state index in [1.54, 1.807) is 6.20 Å². The maximum Gasteiger partial charge on any atom is 0.227 e. The molecule has 4 rings (SSSR count). The molecule has 0 atom stereocenters. The number of halogens is 1. The molecule has 6 nitrogen and oxygen atoms in total. The molecule has 1 fully saturated rings. The van der Waals surface area contributed by atoms with Gasteiger partial charge in [0.15, 0.2) is 5.78 Å². The first-order valence-corrected chi connectivity index (χ1v) is 10.5. The molecular weight excluding hydrogens is 412 g/mol. The van der Waals surface area contributed by atoms with E-state index in [0.29, 0.717) is 23.1 Å². The van der Waals surface area contributed by atoms with E-state index in [0.717, 1.165) is 48.8 Å². The van der Waals surface area contributed by atoms with Crippen molar-refractivity contribution in [3.63, 3.8) is 0 Å². The average Bonchev–Trinajstić information content (AvgIpc) is 2.81. The van der Waals surface area contributed by atoms with Gasteiger partial charge in [0.25, 0.3) is 0 Å². The zero-order valence-corrected chi connectivity index (χ0v) is 17.8. The minimum Gasteiger partial charge on any atom is -0.378 e. The quantitative estimate of drug-likeness (QED) is 0.545. The topological polar surface area (TPSA) is 67.4 Å². The van der Waals surface area contributed by atoms with Crippen LogP contribution in [0.3, 0.4) is 0 Å².